The van der Waals surface area contributed by atoms with Crippen LogP contribution in [0, 0.1) is 0 Å². The molecule has 4 heterocycles. The number of aromatic nitrogens is 4. The summed E-state index contributed by atoms with van der Waals surface area (Å²) in [5.74, 6) is 1.06. The molecule has 3 fully saturated rings. The van der Waals surface area contributed by atoms with Crippen LogP contribution in [0.15, 0.2) is 18.6 Å². The van der Waals surface area contributed by atoms with Gasteiger partial charge in [-0.1, -0.05) is 11.6 Å². The molecule has 0 unspecified atom stereocenters. The first-order chi connectivity index (χ1) is 16.1. The van der Waals surface area contributed by atoms with E-state index in [1.54, 1.807) is 11.1 Å². The number of hydrogen-bond acceptors (Lipinski definition) is 7. The summed E-state index contributed by atoms with van der Waals surface area (Å²) < 4.78 is 2.07. The number of rotatable bonds is 9. The highest BCUT2D eigenvalue weighted by molar-refractivity contribution is 6.32. The minimum atomic E-state index is 0.0931. The van der Waals surface area contributed by atoms with Crippen LogP contribution in [-0.2, 0) is 0 Å². The topological polar surface area (TPSA) is 94.4 Å². The Labute approximate surface area is 199 Å². The molecule has 33 heavy (non-hydrogen) atoms. The van der Waals surface area contributed by atoms with Crippen molar-refractivity contribution in [3.63, 3.8) is 0 Å². The number of amides is 2. The van der Waals surface area contributed by atoms with Gasteiger partial charge in [-0.2, -0.15) is 10.1 Å². The Kier molecular flexibility index (Phi) is 6.55. The van der Waals surface area contributed by atoms with Crippen molar-refractivity contribution in [1.82, 2.24) is 34.4 Å². The van der Waals surface area contributed by atoms with E-state index in [4.69, 9.17) is 11.6 Å². The predicted molar refractivity (Wildman–Crippen MR) is 128 cm³/mol. The van der Waals surface area contributed by atoms with Gasteiger partial charge >= 0.3 is 6.03 Å². The molecule has 0 radical (unpaired) electrons. The summed E-state index contributed by atoms with van der Waals surface area (Å²) >= 11 is 6.28. The quantitative estimate of drug-likeness (QED) is 0.540. The smallest absolute Gasteiger partial charge is 0.319 e. The average molecular weight is 474 g/mol. The highest BCUT2D eigenvalue weighted by atomic mass is 35.5. The van der Waals surface area contributed by atoms with Crippen LogP contribution in [0.2, 0.25) is 5.02 Å². The second-order valence-electron chi connectivity index (χ2n) is 9.19. The summed E-state index contributed by atoms with van der Waals surface area (Å²) in [7, 11) is 1.83. The summed E-state index contributed by atoms with van der Waals surface area (Å²) in [6.07, 6.45) is 11.3. The summed E-state index contributed by atoms with van der Waals surface area (Å²) in [5, 5.41) is 11.5. The lowest BCUT2D eigenvalue weighted by molar-refractivity contribution is 0.172. The van der Waals surface area contributed by atoms with Crippen molar-refractivity contribution < 1.29 is 4.79 Å². The summed E-state index contributed by atoms with van der Waals surface area (Å²) in [6.45, 7) is 5.27. The van der Waals surface area contributed by atoms with E-state index in [1.807, 2.05) is 24.3 Å². The summed E-state index contributed by atoms with van der Waals surface area (Å²) in [6, 6.07) is 1.38. The fraction of sp³-hybridized carbons (Fsp3) is 0.636. The molecule has 0 bridgehead atoms. The van der Waals surface area contributed by atoms with Gasteiger partial charge in [0.25, 0.3) is 0 Å². The molecule has 11 heteroatoms. The minimum absolute atomic E-state index is 0.0931. The normalized spacial score (nSPS) is 20.0. The van der Waals surface area contributed by atoms with E-state index in [1.165, 1.54) is 12.8 Å². The molecule has 178 valence electrons. The number of likely N-dealkylation sites (N-methyl/N-ethyl adjacent to an activating group) is 1. The fourth-order valence-electron chi connectivity index (χ4n) is 4.63. The highest BCUT2D eigenvalue weighted by Gasteiger charge is 2.32. The largest absolute Gasteiger partial charge is 0.369 e. The first-order valence-electron chi connectivity index (χ1n) is 11.9. The Hall–Kier alpha value is -2.59. The van der Waals surface area contributed by atoms with Crippen LogP contribution in [0.1, 0.15) is 38.1 Å². The number of likely N-dealkylation sites (tertiary alicyclic amines) is 1. The maximum absolute atomic E-state index is 12.0. The van der Waals surface area contributed by atoms with Crippen molar-refractivity contribution in [2.24, 2.45) is 0 Å². The Balaban J connectivity index is 1.11. The van der Waals surface area contributed by atoms with E-state index < -0.39 is 0 Å². The van der Waals surface area contributed by atoms with Crippen LogP contribution in [0.3, 0.4) is 0 Å². The molecule has 1 saturated carbocycles. The zero-order valence-corrected chi connectivity index (χ0v) is 19.8. The standard InChI is InChI=1S/C22H32ClN9O/c1-29-11-12-31(22(29)33)8-2-7-24-20-19(23)14-25-21(28-20)27-16-13-26-32(15-16)18-5-9-30(10-6-18)17-3-4-17/h13-15,17-18H,2-12H2,1H3,(H2,24,25,27,28). The molecule has 0 spiro atoms. The van der Waals surface area contributed by atoms with E-state index in [-0.39, 0.29) is 6.03 Å². The molecule has 2 aromatic heterocycles. The van der Waals surface area contributed by atoms with Crippen LogP contribution in [0.4, 0.5) is 22.2 Å². The van der Waals surface area contributed by atoms with Gasteiger partial charge < -0.3 is 25.3 Å². The van der Waals surface area contributed by atoms with Crippen molar-refractivity contribution >= 4 is 35.1 Å². The predicted octanol–water partition coefficient (Wildman–Crippen LogP) is 3.04. The minimum Gasteiger partial charge on any atom is -0.369 e. The number of nitrogens with zero attached hydrogens (tertiary/aromatic N) is 7. The number of halogens is 1. The average Bonchev–Trinajstić information content (AvgIpc) is 3.50. The molecule has 1 aliphatic carbocycles. The Morgan fingerprint density at radius 2 is 1.91 bits per heavy atom. The molecule has 2 aromatic rings. The van der Waals surface area contributed by atoms with Crippen LogP contribution >= 0.6 is 11.6 Å². The number of carbonyl (C=O) groups excluding carboxylic acids is 1. The first kappa shape index (κ1) is 22.2. The van der Waals surface area contributed by atoms with E-state index in [0.717, 1.165) is 57.2 Å². The third-order valence-electron chi connectivity index (χ3n) is 6.74. The van der Waals surface area contributed by atoms with Crippen LogP contribution in [0.5, 0.6) is 0 Å². The third kappa shape index (κ3) is 5.33. The van der Waals surface area contributed by atoms with Crippen LogP contribution in [-0.4, -0.2) is 92.8 Å². The van der Waals surface area contributed by atoms with E-state index in [2.05, 4.69) is 35.3 Å². The molecule has 2 amide bonds. The lowest BCUT2D eigenvalue weighted by atomic mass is 10.1. The molecule has 10 nitrogen and oxygen atoms in total. The van der Waals surface area contributed by atoms with Gasteiger partial charge in [-0.15, -0.1) is 0 Å². The SMILES string of the molecule is CN1CCN(CCCNc2nc(Nc3cnn(C4CCN(C5CC5)CC4)c3)ncc2Cl)C1=O. The number of nitrogens with one attached hydrogen (secondary N) is 2. The number of carbonyl (C=O) groups is 1. The van der Waals surface area contributed by atoms with E-state index >= 15 is 0 Å². The molecule has 5 rings (SSSR count). The third-order valence-corrected chi connectivity index (χ3v) is 7.01. The molecule has 2 saturated heterocycles. The highest BCUT2D eigenvalue weighted by Crippen LogP contribution is 2.32. The molecule has 0 aromatic carbocycles. The van der Waals surface area contributed by atoms with Gasteiger partial charge in [0, 0.05) is 58.6 Å². The van der Waals surface area contributed by atoms with Crippen molar-refractivity contribution in [3.05, 3.63) is 23.6 Å². The number of anilines is 3. The maximum Gasteiger partial charge on any atom is 0.319 e. The second-order valence-corrected chi connectivity index (χ2v) is 9.60. The first-order valence-corrected chi connectivity index (χ1v) is 12.3. The number of piperidine rings is 1. The van der Waals surface area contributed by atoms with Gasteiger partial charge in [-0.3, -0.25) is 4.68 Å². The summed E-state index contributed by atoms with van der Waals surface area (Å²) in [5.41, 5.74) is 0.865. The number of urea groups is 1. The molecule has 2 N–H and O–H groups in total. The van der Waals surface area contributed by atoms with Crippen molar-refractivity contribution in [3.8, 4) is 0 Å². The Morgan fingerprint density at radius 1 is 1.09 bits per heavy atom. The zero-order chi connectivity index (χ0) is 22.8. The Morgan fingerprint density at radius 3 is 2.64 bits per heavy atom. The van der Waals surface area contributed by atoms with Crippen molar-refractivity contribution in [1.29, 1.82) is 0 Å². The number of hydrogen-bond donors (Lipinski definition) is 2. The van der Waals surface area contributed by atoms with Gasteiger partial charge in [0.05, 0.1) is 24.1 Å². The van der Waals surface area contributed by atoms with E-state index in [0.29, 0.717) is 35.9 Å². The summed E-state index contributed by atoms with van der Waals surface area (Å²) in [4.78, 5) is 27.0. The molecule has 0 atom stereocenters. The van der Waals surface area contributed by atoms with Gasteiger partial charge in [0.2, 0.25) is 5.95 Å². The van der Waals surface area contributed by atoms with Crippen LogP contribution in [0.25, 0.3) is 0 Å². The monoisotopic (exact) mass is 473 g/mol. The molecular formula is C22H32ClN9O. The molecular weight excluding hydrogens is 442 g/mol. The lowest BCUT2D eigenvalue weighted by Gasteiger charge is -2.31. The van der Waals surface area contributed by atoms with Gasteiger partial charge in [0.15, 0.2) is 0 Å². The lowest BCUT2D eigenvalue weighted by Crippen LogP contribution is -2.36. The maximum atomic E-state index is 12.0. The van der Waals surface area contributed by atoms with E-state index in [9.17, 15) is 4.79 Å². The second kappa shape index (κ2) is 9.72. The van der Waals surface area contributed by atoms with Crippen LogP contribution < -0.4 is 10.6 Å². The van der Waals surface area contributed by atoms with Crippen molar-refractivity contribution in [2.45, 2.75) is 44.2 Å². The van der Waals surface area contributed by atoms with Gasteiger partial charge in [0.1, 0.15) is 10.8 Å². The zero-order valence-electron chi connectivity index (χ0n) is 19.1. The fourth-order valence-corrected chi connectivity index (χ4v) is 4.78. The van der Waals surface area contributed by atoms with Crippen molar-refractivity contribution in [2.75, 3.05) is 56.9 Å². The molecule has 3 aliphatic rings. The van der Waals surface area contributed by atoms with Gasteiger partial charge in [-0.05, 0) is 32.1 Å². The molecule has 2 aliphatic heterocycles. The van der Waals surface area contributed by atoms with Gasteiger partial charge in [-0.25, -0.2) is 9.78 Å². The Bertz CT molecular complexity index is 971.